The molecule has 0 aliphatic rings. The maximum Gasteiger partial charge on any atom is 0.269 e. The Hall–Kier alpha value is -2.54. The highest BCUT2D eigenvalue weighted by molar-refractivity contribution is 5.61. The molecule has 1 heterocycles. The van der Waals surface area contributed by atoms with Crippen molar-refractivity contribution >= 4 is 11.5 Å². The van der Waals surface area contributed by atoms with Gasteiger partial charge in [0.15, 0.2) is 5.82 Å². The third-order valence-electron chi connectivity index (χ3n) is 3.05. The molecule has 2 aromatic rings. The molecule has 0 aliphatic carbocycles. The van der Waals surface area contributed by atoms with Crippen molar-refractivity contribution in [1.82, 2.24) is 9.97 Å². The molecular weight excluding hydrogens is 258 g/mol. The first-order valence-electron chi connectivity index (χ1n) is 6.15. The lowest BCUT2D eigenvalue weighted by atomic mass is 10.1. The van der Waals surface area contributed by atoms with Gasteiger partial charge in [-0.1, -0.05) is 6.92 Å². The van der Waals surface area contributed by atoms with Gasteiger partial charge < -0.3 is 5.43 Å². The molecule has 0 aliphatic heterocycles. The predicted molar refractivity (Wildman–Crippen MR) is 76.0 cm³/mol. The van der Waals surface area contributed by atoms with Gasteiger partial charge in [-0.2, -0.15) is 0 Å². The molecule has 0 bridgehead atoms. The van der Waals surface area contributed by atoms with Crippen LogP contribution in [0.2, 0.25) is 0 Å². The first-order valence-corrected chi connectivity index (χ1v) is 6.15. The molecule has 7 nitrogen and oxygen atoms in total. The van der Waals surface area contributed by atoms with E-state index >= 15 is 0 Å². The van der Waals surface area contributed by atoms with Crippen LogP contribution in [0.5, 0.6) is 0 Å². The maximum atomic E-state index is 10.6. The lowest BCUT2D eigenvalue weighted by Gasteiger charge is -2.10. The third kappa shape index (κ3) is 2.57. The molecule has 0 spiro atoms. The molecular formula is C13H15N5O2. The van der Waals surface area contributed by atoms with Crippen molar-refractivity contribution in [1.29, 1.82) is 0 Å². The molecule has 0 atom stereocenters. The SMILES string of the molecule is CCc1nc(-c2ccc([N+](=O)[O-])cc2)nc(NN)c1C. The number of nitrogens with two attached hydrogens (primary N) is 1. The molecule has 20 heavy (non-hydrogen) atoms. The average molecular weight is 273 g/mol. The van der Waals surface area contributed by atoms with Gasteiger partial charge in [0.2, 0.25) is 0 Å². The van der Waals surface area contributed by atoms with Crippen LogP contribution >= 0.6 is 0 Å². The smallest absolute Gasteiger partial charge is 0.269 e. The minimum Gasteiger partial charge on any atom is -0.308 e. The molecule has 104 valence electrons. The molecule has 0 saturated carbocycles. The highest BCUT2D eigenvalue weighted by Crippen LogP contribution is 2.23. The zero-order valence-corrected chi connectivity index (χ0v) is 11.3. The number of benzene rings is 1. The highest BCUT2D eigenvalue weighted by Gasteiger charge is 2.12. The number of nitro benzene ring substituents is 1. The summed E-state index contributed by atoms with van der Waals surface area (Å²) in [4.78, 5) is 19.0. The molecule has 3 N–H and O–H groups in total. The summed E-state index contributed by atoms with van der Waals surface area (Å²) in [5, 5.41) is 10.6. The van der Waals surface area contributed by atoms with Gasteiger partial charge in [0.05, 0.1) is 4.92 Å². The average Bonchev–Trinajstić information content (AvgIpc) is 2.47. The Morgan fingerprint density at radius 1 is 1.30 bits per heavy atom. The third-order valence-corrected chi connectivity index (χ3v) is 3.05. The van der Waals surface area contributed by atoms with Crippen molar-refractivity contribution in [3.8, 4) is 11.4 Å². The molecule has 0 unspecified atom stereocenters. The first kappa shape index (κ1) is 13.9. The van der Waals surface area contributed by atoms with Gasteiger partial charge in [0, 0.05) is 29.0 Å². The number of nitrogens with zero attached hydrogens (tertiary/aromatic N) is 3. The number of nitro groups is 1. The zero-order chi connectivity index (χ0) is 14.7. The lowest BCUT2D eigenvalue weighted by Crippen LogP contribution is -2.13. The maximum absolute atomic E-state index is 10.6. The fourth-order valence-electron chi connectivity index (χ4n) is 1.91. The summed E-state index contributed by atoms with van der Waals surface area (Å²) in [5.41, 5.74) is 5.09. The topological polar surface area (TPSA) is 107 Å². The molecule has 1 aromatic carbocycles. The van der Waals surface area contributed by atoms with Gasteiger partial charge in [-0.3, -0.25) is 10.1 Å². The van der Waals surface area contributed by atoms with Gasteiger partial charge in [0.1, 0.15) is 5.82 Å². The predicted octanol–water partition coefficient (Wildman–Crippen LogP) is 2.21. The second-order valence-corrected chi connectivity index (χ2v) is 4.27. The van der Waals surface area contributed by atoms with Crippen LogP contribution < -0.4 is 11.3 Å². The molecule has 7 heteroatoms. The van der Waals surface area contributed by atoms with E-state index in [4.69, 9.17) is 5.84 Å². The number of nitrogen functional groups attached to an aromatic ring is 1. The van der Waals surface area contributed by atoms with Crippen molar-refractivity contribution in [3.63, 3.8) is 0 Å². The molecule has 2 rings (SSSR count). The van der Waals surface area contributed by atoms with Crippen LogP contribution in [0.15, 0.2) is 24.3 Å². The first-order chi connectivity index (χ1) is 9.56. The van der Waals surface area contributed by atoms with E-state index in [1.54, 1.807) is 12.1 Å². The Morgan fingerprint density at radius 3 is 2.45 bits per heavy atom. The number of aryl methyl sites for hydroxylation is 1. The number of nitrogens with one attached hydrogen (secondary N) is 1. The fraction of sp³-hybridized carbons (Fsp3) is 0.231. The lowest BCUT2D eigenvalue weighted by molar-refractivity contribution is -0.384. The Balaban J connectivity index is 2.49. The van der Waals surface area contributed by atoms with E-state index in [1.165, 1.54) is 12.1 Å². The Morgan fingerprint density at radius 2 is 1.95 bits per heavy atom. The van der Waals surface area contributed by atoms with Gasteiger partial charge in [0.25, 0.3) is 5.69 Å². The van der Waals surface area contributed by atoms with Gasteiger partial charge >= 0.3 is 0 Å². The Kier molecular flexibility index (Phi) is 3.90. The van der Waals surface area contributed by atoms with Crippen molar-refractivity contribution in [2.75, 3.05) is 5.43 Å². The zero-order valence-electron chi connectivity index (χ0n) is 11.3. The second kappa shape index (κ2) is 5.62. The monoisotopic (exact) mass is 273 g/mol. The van der Waals surface area contributed by atoms with E-state index < -0.39 is 4.92 Å². The second-order valence-electron chi connectivity index (χ2n) is 4.27. The van der Waals surface area contributed by atoms with Crippen LogP contribution in [0.4, 0.5) is 11.5 Å². The van der Waals surface area contributed by atoms with E-state index in [-0.39, 0.29) is 5.69 Å². The van der Waals surface area contributed by atoms with Crippen molar-refractivity contribution < 1.29 is 4.92 Å². The molecule has 0 radical (unpaired) electrons. The summed E-state index contributed by atoms with van der Waals surface area (Å²) in [7, 11) is 0. The molecule has 1 aromatic heterocycles. The van der Waals surface area contributed by atoms with Crippen LogP contribution in [0.25, 0.3) is 11.4 Å². The number of hydrazine groups is 1. The molecule has 0 fully saturated rings. The summed E-state index contributed by atoms with van der Waals surface area (Å²) in [6.45, 7) is 3.89. The number of hydrogen-bond donors (Lipinski definition) is 2. The van der Waals surface area contributed by atoms with Crippen molar-refractivity contribution in [2.24, 2.45) is 5.84 Å². The standard InChI is InChI=1S/C13H15N5O2/c1-3-11-8(2)12(17-14)16-13(15-11)9-4-6-10(7-5-9)18(19)20/h4-7H,3,14H2,1-2H3,(H,15,16,17). The number of anilines is 1. The van der Waals surface area contributed by atoms with E-state index in [9.17, 15) is 10.1 Å². The number of hydrogen-bond acceptors (Lipinski definition) is 6. The van der Waals surface area contributed by atoms with Crippen LogP contribution in [0, 0.1) is 17.0 Å². The summed E-state index contributed by atoms with van der Waals surface area (Å²) in [6.07, 6.45) is 0.753. The number of aromatic nitrogens is 2. The van der Waals surface area contributed by atoms with Crippen molar-refractivity contribution in [2.45, 2.75) is 20.3 Å². The molecule has 0 amide bonds. The number of non-ortho nitro benzene ring substituents is 1. The van der Waals surface area contributed by atoms with E-state index in [0.717, 1.165) is 17.7 Å². The highest BCUT2D eigenvalue weighted by atomic mass is 16.6. The van der Waals surface area contributed by atoms with Gasteiger partial charge in [-0.25, -0.2) is 15.8 Å². The quantitative estimate of drug-likeness (QED) is 0.502. The minimum atomic E-state index is -0.440. The van der Waals surface area contributed by atoms with E-state index in [0.29, 0.717) is 17.2 Å². The fourth-order valence-corrected chi connectivity index (χ4v) is 1.91. The van der Waals surface area contributed by atoms with Gasteiger partial charge in [-0.15, -0.1) is 0 Å². The largest absolute Gasteiger partial charge is 0.308 e. The summed E-state index contributed by atoms with van der Waals surface area (Å²) in [6, 6.07) is 6.12. The summed E-state index contributed by atoms with van der Waals surface area (Å²) in [5.74, 6) is 6.51. The molecule has 0 saturated heterocycles. The summed E-state index contributed by atoms with van der Waals surface area (Å²) < 4.78 is 0. The van der Waals surface area contributed by atoms with Crippen LogP contribution in [0.1, 0.15) is 18.2 Å². The summed E-state index contributed by atoms with van der Waals surface area (Å²) >= 11 is 0. The Bertz CT molecular complexity index is 615. The van der Waals surface area contributed by atoms with E-state index in [2.05, 4.69) is 15.4 Å². The van der Waals surface area contributed by atoms with E-state index in [1.807, 2.05) is 13.8 Å². The van der Waals surface area contributed by atoms with Crippen molar-refractivity contribution in [3.05, 3.63) is 45.6 Å². The van der Waals surface area contributed by atoms with Crippen LogP contribution in [-0.2, 0) is 6.42 Å². The normalized spacial score (nSPS) is 10.3. The number of rotatable bonds is 4. The van der Waals surface area contributed by atoms with Crippen LogP contribution in [0.3, 0.4) is 0 Å². The van der Waals surface area contributed by atoms with Crippen LogP contribution in [-0.4, -0.2) is 14.9 Å². The minimum absolute atomic E-state index is 0.0359. The van der Waals surface area contributed by atoms with Gasteiger partial charge in [-0.05, 0) is 25.5 Å². The Labute approximate surface area is 116 Å².